The van der Waals surface area contributed by atoms with Crippen LogP contribution in [0.5, 0.6) is 11.5 Å². The molecule has 138 valence electrons. The standard InChI is InChI=1S/C13H18O2.C9H15N/c1-2-14-12-9-5-6-10-13(12)15-11-7-3-4-8-11;1-10-7-6-8-4-2-3-5-9(8)10/h5-6,9-11H,2-4,7-8H2,1H3;2,4,8-9H,3,5-7H2,1H3. The summed E-state index contributed by atoms with van der Waals surface area (Å²) in [6, 6.07) is 8.81. The lowest BCUT2D eigenvalue weighted by atomic mass is 9.91. The monoisotopic (exact) mass is 343 g/mol. The Labute approximate surface area is 153 Å². The Bertz CT molecular complexity index is 551. The summed E-state index contributed by atoms with van der Waals surface area (Å²) < 4.78 is 11.5. The first-order chi connectivity index (χ1) is 12.3. The molecule has 0 radical (unpaired) electrons. The zero-order valence-corrected chi connectivity index (χ0v) is 15.8. The van der Waals surface area contributed by atoms with E-state index in [0.29, 0.717) is 12.7 Å². The van der Waals surface area contributed by atoms with E-state index < -0.39 is 0 Å². The van der Waals surface area contributed by atoms with Crippen LogP contribution in [0.4, 0.5) is 0 Å². The third-order valence-corrected chi connectivity index (χ3v) is 5.63. The van der Waals surface area contributed by atoms with Gasteiger partial charge in [0.2, 0.25) is 0 Å². The van der Waals surface area contributed by atoms with Crippen LogP contribution < -0.4 is 9.47 Å². The highest BCUT2D eigenvalue weighted by atomic mass is 16.5. The molecule has 1 aliphatic heterocycles. The molecule has 1 saturated carbocycles. The molecule has 2 aliphatic carbocycles. The third-order valence-electron chi connectivity index (χ3n) is 5.63. The Kier molecular flexibility index (Phi) is 6.80. The molecule has 1 heterocycles. The quantitative estimate of drug-likeness (QED) is 0.713. The van der Waals surface area contributed by atoms with Crippen LogP contribution in [0.15, 0.2) is 36.4 Å². The smallest absolute Gasteiger partial charge is 0.161 e. The molecule has 0 amide bonds. The predicted octanol–water partition coefficient (Wildman–Crippen LogP) is 5.06. The minimum Gasteiger partial charge on any atom is -0.490 e. The van der Waals surface area contributed by atoms with Gasteiger partial charge in [0.15, 0.2) is 11.5 Å². The molecule has 1 aromatic carbocycles. The number of nitrogens with zero attached hydrogens (tertiary/aromatic N) is 1. The average molecular weight is 344 g/mol. The van der Waals surface area contributed by atoms with Gasteiger partial charge in [-0.25, -0.2) is 0 Å². The van der Waals surface area contributed by atoms with Gasteiger partial charge in [-0.2, -0.15) is 0 Å². The highest BCUT2D eigenvalue weighted by Gasteiger charge is 2.30. The molecule has 25 heavy (non-hydrogen) atoms. The van der Waals surface area contributed by atoms with Crippen molar-refractivity contribution in [1.82, 2.24) is 4.90 Å². The van der Waals surface area contributed by atoms with Crippen LogP contribution in [0.3, 0.4) is 0 Å². The van der Waals surface area contributed by atoms with Crippen molar-refractivity contribution in [2.24, 2.45) is 5.92 Å². The van der Waals surface area contributed by atoms with E-state index in [4.69, 9.17) is 9.47 Å². The van der Waals surface area contributed by atoms with Gasteiger partial charge in [-0.3, -0.25) is 0 Å². The Morgan fingerprint density at radius 3 is 2.52 bits per heavy atom. The summed E-state index contributed by atoms with van der Waals surface area (Å²) in [6.45, 7) is 3.98. The first kappa shape index (κ1) is 18.3. The lowest BCUT2D eigenvalue weighted by Gasteiger charge is -2.25. The second-order valence-electron chi connectivity index (χ2n) is 7.41. The summed E-state index contributed by atoms with van der Waals surface area (Å²) in [5, 5.41) is 0. The van der Waals surface area contributed by atoms with E-state index in [1.165, 1.54) is 51.5 Å². The summed E-state index contributed by atoms with van der Waals surface area (Å²) in [6.07, 6.45) is 14.2. The molecule has 3 heteroatoms. The minimum atomic E-state index is 0.395. The number of allylic oxidation sites excluding steroid dienone is 1. The van der Waals surface area contributed by atoms with Gasteiger partial charge in [0.1, 0.15) is 0 Å². The van der Waals surface area contributed by atoms with Crippen LogP contribution >= 0.6 is 0 Å². The maximum absolute atomic E-state index is 5.93. The van der Waals surface area contributed by atoms with Crippen molar-refractivity contribution >= 4 is 0 Å². The molecule has 0 bridgehead atoms. The van der Waals surface area contributed by atoms with Crippen LogP contribution in [0.1, 0.15) is 51.9 Å². The van der Waals surface area contributed by atoms with Crippen molar-refractivity contribution in [3.63, 3.8) is 0 Å². The first-order valence-corrected chi connectivity index (χ1v) is 10.0. The van der Waals surface area contributed by atoms with Crippen LogP contribution in [0.25, 0.3) is 0 Å². The summed E-state index contributed by atoms with van der Waals surface area (Å²) in [5.74, 6) is 2.65. The lowest BCUT2D eigenvalue weighted by molar-refractivity contribution is 0.197. The summed E-state index contributed by atoms with van der Waals surface area (Å²) in [4.78, 5) is 2.51. The maximum atomic E-state index is 5.93. The van der Waals surface area contributed by atoms with E-state index >= 15 is 0 Å². The van der Waals surface area contributed by atoms with Crippen molar-refractivity contribution < 1.29 is 9.47 Å². The van der Waals surface area contributed by atoms with Gasteiger partial charge >= 0.3 is 0 Å². The molecule has 1 aromatic rings. The van der Waals surface area contributed by atoms with Crippen molar-refractivity contribution in [1.29, 1.82) is 0 Å². The molecule has 2 atom stereocenters. The van der Waals surface area contributed by atoms with E-state index in [0.717, 1.165) is 23.5 Å². The molecule has 0 spiro atoms. The molecular formula is C22H33NO2. The highest BCUT2D eigenvalue weighted by Crippen LogP contribution is 2.31. The van der Waals surface area contributed by atoms with Crippen molar-refractivity contribution in [2.75, 3.05) is 20.2 Å². The van der Waals surface area contributed by atoms with Crippen molar-refractivity contribution in [2.45, 2.75) is 64.0 Å². The molecule has 3 nitrogen and oxygen atoms in total. The Hall–Kier alpha value is -1.48. The van der Waals surface area contributed by atoms with Crippen molar-refractivity contribution in [3.05, 3.63) is 36.4 Å². The number of benzene rings is 1. The zero-order valence-electron chi connectivity index (χ0n) is 15.8. The average Bonchev–Trinajstić information content (AvgIpc) is 3.28. The van der Waals surface area contributed by atoms with Crippen LogP contribution in [0.2, 0.25) is 0 Å². The third kappa shape index (κ3) is 5.01. The molecule has 3 aliphatic rings. The molecule has 4 rings (SSSR count). The van der Waals surface area contributed by atoms with Gasteiger partial charge in [-0.1, -0.05) is 24.3 Å². The number of hydrogen-bond acceptors (Lipinski definition) is 3. The number of hydrogen-bond donors (Lipinski definition) is 0. The molecule has 2 unspecified atom stereocenters. The number of ether oxygens (including phenoxy) is 2. The molecule has 0 aromatic heterocycles. The number of likely N-dealkylation sites (tertiary alicyclic amines) is 1. The normalized spacial score (nSPS) is 26.0. The lowest BCUT2D eigenvalue weighted by Crippen LogP contribution is -2.29. The van der Waals surface area contributed by atoms with Crippen molar-refractivity contribution in [3.8, 4) is 11.5 Å². The fourth-order valence-corrected chi connectivity index (χ4v) is 4.24. The SMILES string of the molecule is CCOc1ccccc1OC1CCCC1.CN1CCC2C=CCCC21. The summed E-state index contributed by atoms with van der Waals surface area (Å²) in [5.41, 5.74) is 0. The van der Waals surface area contributed by atoms with Gasteiger partial charge in [0.05, 0.1) is 12.7 Å². The fourth-order valence-electron chi connectivity index (χ4n) is 4.24. The van der Waals surface area contributed by atoms with E-state index in [1.807, 2.05) is 31.2 Å². The van der Waals surface area contributed by atoms with Gasteiger partial charge < -0.3 is 14.4 Å². The largest absolute Gasteiger partial charge is 0.490 e. The maximum Gasteiger partial charge on any atom is 0.161 e. The van der Waals surface area contributed by atoms with Gasteiger partial charge in [0.25, 0.3) is 0 Å². The van der Waals surface area contributed by atoms with E-state index in [-0.39, 0.29) is 0 Å². The molecule has 0 N–H and O–H groups in total. The number of rotatable bonds is 4. The Balaban J connectivity index is 0.000000157. The summed E-state index contributed by atoms with van der Waals surface area (Å²) >= 11 is 0. The Morgan fingerprint density at radius 1 is 1.04 bits per heavy atom. The van der Waals surface area contributed by atoms with Crippen LogP contribution in [-0.2, 0) is 0 Å². The highest BCUT2D eigenvalue weighted by molar-refractivity contribution is 5.39. The first-order valence-electron chi connectivity index (χ1n) is 10.0. The fraction of sp³-hybridized carbons (Fsp3) is 0.636. The molecule has 2 fully saturated rings. The van der Waals surface area contributed by atoms with E-state index in [1.54, 1.807) is 0 Å². The van der Waals surface area contributed by atoms with Gasteiger partial charge in [-0.05, 0) is 83.5 Å². The van der Waals surface area contributed by atoms with E-state index in [9.17, 15) is 0 Å². The second kappa shape index (κ2) is 9.28. The van der Waals surface area contributed by atoms with Crippen LogP contribution in [0, 0.1) is 5.92 Å². The number of fused-ring (bicyclic) bond motifs is 1. The second-order valence-corrected chi connectivity index (χ2v) is 7.41. The topological polar surface area (TPSA) is 21.7 Å². The Morgan fingerprint density at radius 2 is 1.80 bits per heavy atom. The predicted molar refractivity (Wildman–Crippen MR) is 103 cm³/mol. The minimum absolute atomic E-state index is 0.395. The molecule has 1 saturated heterocycles. The summed E-state index contributed by atoms with van der Waals surface area (Å²) in [7, 11) is 2.25. The van der Waals surface area contributed by atoms with Crippen LogP contribution in [-0.4, -0.2) is 37.2 Å². The van der Waals surface area contributed by atoms with Gasteiger partial charge in [0, 0.05) is 6.04 Å². The molecular weight excluding hydrogens is 310 g/mol. The number of para-hydroxylation sites is 2. The zero-order chi connectivity index (χ0) is 17.5. The van der Waals surface area contributed by atoms with Gasteiger partial charge in [-0.15, -0.1) is 0 Å². The van der Waals surface area contributed by atoms with E-state index in [2.05, 4.69) is 24.1 Å².